The van der Waals surface area contributed by atoms with Gasteiger partial charge in [-0.05, 0) is 24.9 Å². The van der Waals surface area contributed by atoms with Crippen molar-refractivity contribution in [3.05, 3.63) is 35.9 Å². The Bertz CT molecular complexity index is 334. The summed E-state index contributed by atoms with van der Waals surface area (Å²) in [6.45, 7) is 5.34. The molecule has 94 valence electrons. The van der Waals surface area contributed by atoms with Crippen LogP contribution in [-0.2, 0) is 4.74 Å². The maximum atomic E-state index is 5.50. The van der Waals surface area contributed by atoms with Gasteiger partial charge < -0.3 is 10.1 Å². The number of benzene rings is 1. The average molecular weight is 233 g/mol. The number of ether oxygens (including phenoxy) is 1. The van der Waals surface area contributed by atoms with Crippen molar-refractivity contribution in [2.45, 2.75) is 25.7 Å². The van der Waals surface area contributed by atoms with Crippen LogP contribution in [0.1, 0.15) is 31.2 Å². The van der Waals surface area contributed by atoms with Gasteiger partial charge in [0.15, 0.2) is 0 Å². The summed E-state index contributed by atoms with van der Waals surface area (Å²) < 4.78 is 5.50. The molecule has 1 aromatic rings. The van der Waals surface area contributed by atoms with Crippen LogP contribution in [0.5, 0.6) is 0 Å². The van der Waals surface area contributed by atoms with E-state index in [1.807, 2.05) is 7.11 Å². The molecule has 1 aliphatic heterocycles. The molecule has 0 bridgehead atoms. The van der Waals surface area contributed by atoms with Gasteiger partial charge in [0.1, 0.15) is 0 Å². The van der Waals surface area contributed by atoms with Crippen LogP contribution in [-0.4, -0.2) is 26.8 Å². The van der Waals surface area contributed by atoms with Crippen LogP contribution >= 0.6 is 0 Å². The lowest BCUT2D eigenvalue weighted by Crippen LogP contribution is -2.45. The van der Waals surface area contributed by atoms with Crippen molar-refractivity contribution >= 4 is 0 Å². The Morgan fingerprint density at radius 2 is 2.12 bits per heavy atom. The molecule has 2 heteroatoms. The highest BCUT2D eigenvalue weighted by Crippen LogP contribution is 2.43. The normalized spacial score (nSPS) is 29.2. The number of piperidine rings is 1. The van der Waals surface area contributed by atoms with Gasteiger partial charge in [-0.25, -0.2) is 0 Å². The lowest BCUT2D eigenvalue weighted by atomic mass is 9.67. The highest BCUT2D eigenvalue weighted by atomic mass is 16.5. The minimum atomic E-state index is 0.307. The van der Waals surface area contributed by atoms with Crippen molar-refractivity contribution in [1.29, 1.82) is 0 Å². The molecule has 1 saturated heterocycles. The average Bonchev–Trinajstić information content (AvgIpc) is 2.40. The molecule has 0 aliphatic carbocycles. The molecule has 0 spiro atoms. The first-order valence-corrected chi connectivity index (χ1v) is 6.57. The first-order valence-electron chi connectivity index (χ1n) is 6.57. The molecule has 2 rings (SSSR count). The molecule has 0 amide bonds. The standard InChI is InChI=1S/C15H23NO/c1-3-15(12-17-2)9-10-16-11-14(15)13-7-5-4-6-8-13/h4-8,14,16H,3,9-12H2,1-2H3. The Hall–Kier alpha value is -0.860. The van der Waals surface area contributed by atoms with E-state index in [2.05, 4.69) is 42.6 Å². The van der Waals surface area contributed by atoms with Crippen LogP contribution in [0, 0.1) is 5.41 Å². The zero-order valence-electron chi connectivity index (χ0n) is 10.9. The van der Waals surface area contributed by atoms with Gasteiger partial charge in [-0.3, -0.25) is 0 Å². The number of rotatable bonds is 4. The summed E-state index contributed by atoms with van der Waals surface area (Å²) >= 11 is 0. The summed E-state index contributed by atoms with van der Waals surface area (Å²) in [5.74, 6) is 0.572. The van der Waals surface area contributed by atoms with Crippen LogP contribution < -0.4 is 5.32 Å². The van der Waals surface area contributed by atoms with Gasteiger partial charge in [-0.1, -0.05) is 37.3 Å². The molecule has 0 aromatic heterocycles. The Labute approximate surface area is 104 Å². The third kappa shape index (κ3) is 2.53. The molecule has 17 heavy (non-hydrogen) atoms. The highest BCUT2D eigenvalue weighted by Gasteiger charge is 2.39. The predicted octanol–water partition coefficient (Wildman–Crippen LogP) is 2.81. The fourth-order valence-corrected chi connectivity index (χ4v) is 3.12. The first-order chi connectivity index (χ1) is 8.32. The summed E-state index contributed by atoms with van der Waals surface area (Å²) in [6, 6.07) is 10.9. The minimum absolute atomic E-state index is 0.307. The van der Waals surface area contributed by atoms with E-state index in [-0.39, 0.29) is 0 Å². The van der Waals surface area contributed by atoms with Crippen LogP contribution in [0.15, 0.2) is 30.3 Å². The Morgan fingerprint density at radius 1 is 1.35 bits per heavy atom. The predicted molar refractivity (Wildman–Crippen MR) is 71.3 cm³/mol. The van der Waals surface area contributed by atoms with Gasteiger partial charge in [0, 0.05) is 25.0 Å². The summed E-state index contributed by atoms with van der Waals surface area (Å²) in [5.41, 5.74) is 1.75. The van der Waals surface area contributed by atoms with Crippen molar-refractivity contribution in [3.8, 4) is 0 Å². The van der Waals surface area contributed by atoms with E-state index >= 15 is 0 Å². The zero-order chi connectivity index (χ0) is 12.1. The fraction of sp³-hybridized carbons (Fsp3) is 0.600. The largest absolute Gasteiger partial charge is 0.384 e. The quantitative estimate of drug-likeness (QED) is 0.863. The number of nitrogens with one attached hydrogen (secondary N) is 1. The van der Waals surface area contributed by atoms with E-state index in [4.69, 9.17) is 4.74 Å². The van der Waals surface area contributed by atoms with Crippen LogP contribution in [0.25, 0.3) is 0 Å². The highest BCUT2D eigenvalue weighted by molar-refractivity contribution is 5.23. The maximum absolute atomic E-state index is 5.50. The van der Waals surface area contributed by atoms with Crippen molar-refractivity contribution in [2.24, 2.45) is 5.41 Å². The smallest absolute Gasteiger partial charge is 0.0525 e. The van der Waals surface area contributed by atoms with Gasteiger partial charge in [0.2, 0.25) is 0 Å². The summed E-state index contributed by atoms with van der Waals surface area (Å²) in [7, 11) is 1.82. The molecule has 1 aromatic carbocycles. The monoisotopic (exact) mass is 233 g/mol. The number of methoxy groups -OCH3 is 1. The topological polar surface area (TPSA) is 21.3 Å². The SMILES string of the molecule is CCC1(COC)CCNCC1c1ccccc1. The first kappa shape index (κ1) is 12.6. The molecule has 2 unspecified atom stereocenters. The second-order valence-corrected chi connectivity index (χ2v) is 5.07. The van der Waals surface area contributed by atoms with E-state index in [1.165, 1.54) is 18.4 Å². The third-order valence-corrected chi connectivity index (χ3v) is 4.23. The molecule has 2 atom stereocenters. The lowest BCUT2D eigenvalue weighted by molar-refractivity contribution is 0.0332. The molecular formula is C15H23NO. The maximum Gasteiger partial charge on any atom is 0.0525 e. The lowest BCUT2D eigenvalue weighted by Gasteiger charge is -2.44. The summed E-state index contributed by atoms with van der Waals surface area (Å²) in [5, 5.41) is 3.53. The second kappa shape index (κ2) is 5.65. The van der Waals surface area contributed by atoms with Gasteiger partial charge in [0.05, 0.1) is 6.61 Å². The van der Waals surface area contributed by atoms with Gasteiger partial charge in [0.25, 0.3) is 0 Å². The van der Waals surface area contributed by atoms with Crippen molar-refractivity contribution in [1.82, 2.24) is 5.32 Å². The number of hydrogen-bond donors (Lipinski definition) is 1. The molecule has 0 radical (unpaired) electrons. The molecule has 1 fully saturated rings. The van der Waals surface area contributed by atoms with Crippen LogP contribution in [0.3, 0.4) is 0 Å². The summed E-state index contributed by atoms with van der Waals surface area (Å²) in [4.78, 5) is 0. The fourth-order valence-electron chi connectivity index (χ4n) is 3.12. The number of hydrogen-bond acceptors (Lipinski definition) is 2. The minimum Gasteiger partial charge on any atom is -0.384 e. The van der Waals surface area contributed by atoms with Crippen molar-refractivity contribution < 1.29 is 4.74 Å². The summed E-state index contributed by atoms with van der Waals surface area (Å²) in [6.07, 6.45) is 2.39. The molecule has 0 saturated carbocycles. The second-order valence-electron chi connectivity index (χ2n) is 5.07. The van der Waals surface area contributed by atoms with E-state index in [1.54, 1.807) is 0 Å². The Kier molecular flexibility index (Phi) is 4.19. The molecule has 1 aliphatic rings. The zero-order valence-corrected chi connectivity index (χ0v) is 10.9. The van der Waals surface area contributed by atoms with Gasteiger partial charge in [-0.2, -0.15) is 0 Å². The van der Waals surface area contributed by atoms with E-state index in [9.17, 15) is 0 Å². The van der Waals surface area contributed by atoms with E-state index in [0.717, 1.165) is 19.7 Å². The molecule has 1 N–H and O–H groups in total. The van der Waals surface area contributed by atoms with E-state index in [0.29, 0.717) is 11.3 Å². The van der Waals surface area contributed by atoms with Crippen LogP contribution in [0.4, 0.5) is 0 Å². The van der Waals surface area contributed by atoms with Gasteiger partial charge >= 0.3 is 0 Å². The van der Waals surface area contributed by atoms with Gasteiger partial charge in [-0.15, -0.1) is 0 Å². The van der Waals surface area contributed by atoms with Crippen LogP contribution in [0.2, 0.25) is 0 Å². The molecule has 2 nitrogen and oxygen atoms in total. The third-order valence-electron chi connectivity index (χ3n) is 4.23. The van der Waals surface area contributed by atoms with Crippen molar-refractivity contribution in [3.63, 3.8) is 0 Å². The molecule has 1 heterocycles. The van der Waals surface area contributed by atoms with E-state index < -0.39 is 0 Å². The molecular weight excluding hydrogens is 210 g/mol. The van der Waals surface area contributed by atoms with Crippen molar-refractivity contribution in [2.75, 3.05) is 26.8 Å². The Balaban J connectivity index is 2.28. The Morgan fingerprint density at radius 3 is 2.76 bits per heavy atom.